The molecule has 4 heterocycles. The van der Waals surface area contributed by atoms with Gasteiger partial charge in [-0.3, -0.25) is 4.79 Å². The Morgan fingerprint density at radius 1 is 1.21 bits per heavy atom. The van der Waals surface area contributed by atoms with Crippen molar-refractivity contribution < 1.29 is 4.79 Å². The van der Waals surface area contributed by atoms with Crippen LogP contribution in [-0.2, 0) is 7.05 Å². The van der Waals surface area contributed by atoms with Crippen LogP contribution in [0.25, 0.3) is 32.0 Å². The first kappa shape index (κ1) is 14.6. The zero-order chi connectivity index (χ0) is 16.7. The number of thiazole rings is 1. The maximum Gasteiger partial charge on any atom is 0.170 e. The quantitative estimate of drug-likeness (QED) is 0.537. The highest BCUT2D eigenvalue weighted by atomic mass is 32.1. The Bertz CT molecular complexity index is 1050. The van der Waals surface area contributed by atoms with E-state index in [1.165, 1.54) is 17.7 Å². The van der Waals surface area contributed by atoms with Gasteiger partial charge in [0, 0.05) is 36.6 Å². The molecule has 0 aliphatic heterocycles. The van der Waals surface area contributed by atoms with Crippen LogP contribution in [0.4, 0.5) is 0 Å². The fourth-order valence-corrected chi connectivity index (χ4v) is 3.72. The lowest BCUT2D eigenvalue weighted by Gasteiger charge is -2.03. The molecule has 6 nitrogen and oxygen atoms in total. The van der Waals surface area contributed by atoms with E-state index in [0.29, 0.717) is 5.69 Å². The van der Waals surface area contributed by atoms with Crippen LogP contribution in [0.5, 0.6) is 0 Å². The van der Waals surface area contributed by atoms with Crippen LogP contribution in [0, 0.1) is 6.92 Å². The van der Waals surface area contributed by atoms with Crippen LogP contribution in [0.1, 0.15) is 16.2 Å². The summed E-state index contributed by atoms with van der Waals surface area (Å²) in [5.74, 6) is 0. The maximum atomic E-state index is 11.5. The Morgan fingerprint density at radius 2 is 2.00 bits per heavy atom. The maximum absolute atomic E-state index is 11.5. The summed E-state index contributed by atoms with van der Waals surface area (Å²) in [5, 5.41) is 1.83. The molecule has 4 aromatic rings. The number of aromatic nitrogens is 5. The average molecular weight is 335 g/mol. The molecule has 0 N–H and O–H groups in total. The van der Waals surface area contributed by atoms with Crippen molar-refractivity contribution in [1.82, 2.24) is 24.5 Å². The third kappa shape index (κ3) is 2.30. The fraction of sp³-hybridized carbons (Fsp3) is 0.118. The molecule has 7 heteroatoms. The van der Waals surface area contributed by atoms with Crippen molar-refractivity contribution in [1.29, 1.82) is 0 Å². The summed E-state index contributed by atoms with van der Waals surface area (Å²) in [6.07, 6.45) is 7.69. The molecular formula is C17H13N5OS. The number of fused-ring (bicyclic) bond motifs is 1. The third-order valence-electron chi connectivity index (χ3n) is 3.83. The van der Waals surface area contributed by atoms with Crippen molar-refractivity contribution in [2.75, 3.05) is 0 Å². The van der Waals surface area contributed by atoms with Crippen LogP contribution in [0.15, 0.2) is 37.1 Å². The number of hydrogen-bond donors (Lipinski definition) is 0. The van der Waals surface area contributed by atoms with E-state index in [0.717, 1.165) is 44.0 Å². The van der Waals surface area contributed by atoms with E-state index in [-0.39, 0.29) is 0 Å². The molecular weight excluding hydrogens is 322 g/mol. The van der Waals surface area contributed by atoms with Gasteiger partial charge in [-0.25, -0.2) is 19.9 Å². The third-order valence-corrected chi connectivity index (χ3v) is 5.06. The first-order valence-electron chi connectivity index (χ1n) is 7.32. The molecule has 24 heavy (non-hydrogen) atoms. The van der Waals surface area contributed by atoms with Crippen LogP contribution < -0.4 is 0 Å². The summed E-state index contributed by atoms with van der Waals surface area (Å²) in [6, 6.07) is 3.98. The minimum absolute atomic E-state index is 0.437. The van der Waals surface area contributed by atoms with E-state index < -0.39 is 0 Å². The van der Waals surface area contributed by atoms with Crippen LogP contribution >= 0.6 is 11.3 Å². The molecule has 0 bridgehead atoms. The molecule has 0 radical (unpaired) electrons. The van der Waals surface area contributed by atoms with Crippen molar-refractivity contribution in [3.05, 3.63) is 48.4 Å². The highest BCUT2D eigenvalue weighted by Crippen LogP contribution is 2.35. The zero-order valence-electron chi connectivity index (χ0n) is 13.1. The van der Waals surface area contributed by atoms with Gasteiger partial charge in [-0.1, -0.05) is 0 Å². The van der Waals surface area contributed by atoms with Crippen molar-refractivity contribution in [2.45, 2.75) is 6.92 Å². The molecule has 0 atom stereocenters. The van der Waals surface area contributed by atoms with Gasteiger partial charge in [0.05, 0.1) is 21.8 Å². The summed E-state index contributed by atoms with van der Waals surface area (Å²) in [4.78, 5) is 29.6. The Kier molecular flexibility index (Phi) is 3.42. The highest BCUT2D eigenvalue weighted by molar-refractivity contribution is 7.18. The summed E-state index contributed by atoms with van der Waals surface area (Å²) >= 11 is 1.52. The van der Waals surface area contributed by atoms with Gasteiger partial charge < -0.3 is 4.57 Å². The molecule has 0 spiro atoms. The van der Waals surface area contributed by atoms with Gasteiger partial charge in [-0.2, -0.15) is 0 Å². The number of rotatable bonds is 3. The average Bonchev–Trinajstić information content (AvgIpc) is 3.18. The molecule has 4 aromatic heterocycles. The van der Waals surface area contributed by atoms with Gasteiger partial charge in [0.1, 0.15) is 17.0 Å². The molecule has 118 valence electrons. The van der Waals surface area contributed by atoms with E-state index in [1.807, 2.05) is 36.9 Å². The standard InChI is InChI=1S/C17H13N5OS/c1-10-16(24-17(20-10)12-6-18-9-19-7-12)13-5-11-3-4-22(2)15(11)14(8-23)21-13/h3-9H,1-2H3. The van der Waals surface area contributed by atoms with Crippen molar-refractivity contribution in [2.24, 2.45) is 7.05 Å². The zero-order valence-corrected chi connectivity index (χ0v) is 13.9. The second-order valence-corrected chi connectivity index (χ2v) is 6.43. The minimum atomic E-state index is 0.437. The molecule has 0 amide bonds. The Labute approximate surface area is 141 Å². The monoisotopic (exact) mass is 335 g/mol. The summed E-state index contributed by atoms with van der Waals surface area (Å²) < 4.78 is 1.90. The number of aryl methyl sites for hydroxylation is 2. The summed E-state index contributed by atoms with van der Waals surface area (Å²) in [7, 11) is 1.90. The smallest absolute Gasteiger partial charge is 0.170 e. The first-order chi connectivity index (χ1) is 11.7. The van der Waals surface area contributed by atoms with Crippen LogP contribution in [-0.4, -0.2) is 30.8 Å². The fourth-order valence-electron chi connectivity index (χ4n) is 2.72. The van der Waals surface area contributed by atoms with E-state index in [1.54, 1.807) is 12.4 Å². The summed E-state index contributed by atoms with van der Waals surface area (Å²) in [6.45, 7) is 1.94. The molecule has 0 saturated carbocycles. The van der Waals surface area contributed by atoms with Gasteiger partial charge in [-0.15, -0.1) is 11.3 Å². The van der Waals surface area contributed by atoms with E-state index >= 15 is 0 Å². The van der Waals surface area contributed by atoms with E-state index in [4.69, 9.17) is 0 Å². The molecule has 0 saturated heterocycles. The normalized spacial score (nSPS) is 11.1. The van der Waals surface area contributed by atoms with Gasteiger partial charge in [-0.05, 0) is 19.1 Å². The number of hydrogen-bond acceptors (Lipinski definition) is 6. The van der Waals surface area contributed by atoms with Crippen molar-refractivity contribution in [3.8, 4) is 21.1 Å². The lowest BCUT2D eigenvalue weighted by atomic mass is 10.2. The second-order valence-electron chi connectivity index (χ2n) is 5.44. The van der Waals surface area contributed by atoms with E-state index in [9.17, 15) is 4.79 Å². The molecule has 4 rings (SSSR count). The lowest BCUT2D eigenvalue weighted by molar-refractivity contribution is 0.112. The number of nitrogens with zero attached hydrogens (tertiary/aromatic N) is 5. The SMILES string of the molecule is Cc1nc(-c2cncnc2)sc1-c1cc2ccn(C)c2c(C=O)n1. The molecule has 0 fully saturated rings. The molecule has 0 unspecified atom stereocenters. The van der Waals surface area contributed by atoms with E-state index in [2.05, 4.69) is 19.9 Å². The largest absolute Gasteiger partial charge is 0.349 e. The van der Waals surface area contributed by atoms with Crippen molar-refractivity contribution in [3.63, 3.8) is 0 Å². The molecule has 0 aliphatic carbocycles. The topological polar surface area (TPSA) is 73.6 Å². The lowest BCUT2D eigenvalue weighted by Crippen LogP contribution is -1.96. The van der Waals surface area contributed by atoms with Crippen LogP contribution in [0.3, 0.4) is 0 Å². The van der Waals surface area contributed by atoms with Gasteiger partial charge in [0.2, 0.25) is 0 Å². The Hall–Kier alpha value is -2.93. The number of aldehydes is 1. The molecule has 0 aliphatic rings. The Morgan fingerprint density at radius 3 is 2.75 bits per heavy atom. The highest BCUT2D eigenvalue weighted by Gasteiger charge is 2.16. The van der Waals surface area contributed by atoms with Crippen LogP contribution in [0.2, 0.25) is 0 Å². The van der Waals surface area contributed by atoms with Gasteiger partial charge in [0.15, 0.2) is 6.29 Å². The second kappa shape index (κ2) is 5.61. The minimum Gasteiger partial charge on any atom is -0.349 e. The molecule has 0 aromatic carbocycles. The predicted molar refractivity (Wildman–Crippen MR) is 93.0 cm³/mol. The van der Waals surface area contributed by atoms with Gasteiger partial charge >= 0.3 is 0 Å². The number of carbonyl (C=O) groups excluding carboxylic acids is 1. The number of carbonyl (C=O) groups is 1. The first-order valence-corrected chi connectivity index (χ1v) is 8.13. The summed E-state index contributed by atoms with van der Waals surface area (Å²) in [5.41, 5.74) is 3.78. The number of pyridine rings is 1. The Balaban J connectivity index is 1.89. The van der Waals surface area contributed by atoms with Crippen molar-refractivity contribution >= 4 is 28.5 Å². The predicted octanol–water partition coefficient (Wildman–Crippen LogP) is 3.27. The van der Waals surface area contributed by atoms with Gasteiger partial charge in [0.25, 0.3) is 0 Å².